The van der Waals surface area contributed by atoms with Gasteiger partial charge >= 0.3 is 5.97 Å². The largest absolute Gasteiger partial charge is 0.480 e. The van der Waals surface area contributed by atoms with Gasteiger partial charge in [0.1, 0.15) is 11.9 Å². The first kappa shape index (κ1) is 22.2. The van der Waals surface area contributed by atoms with E-state index in [1.807, 2.05) is 5.38 Å². The van der Waals surface area contributed by atoms with E-state index in [1.165, 1.54) is 11.3 Å². The van der Waals surface area contributed by atoms with Crippen LogP contribution in [0.25, 0.3) is 0 Å². The fourth-order valence-electron chi connectivity index (χ4n) is 4.34. The van der Waals surface area contributed by atoms with Crippen LogP contribution >= 0.6 is 11.3 Å². The van der Waals surface area contributed by atoms with E-state index in [-0.39, 0.29) is 30.1 Å². The summed E-state index contributed by atoms with van der Waals surface area (Å²) in [6.07, 6.45) is 5.20. The van der Waals surface area contributed by atoms with Crippen molar-refractivity contribution in [1.29, 1.82) is 5.41 Å². The van der Waals surface area contributed by atoms with Gasteiger partial charge in [0.15, 0.2) is 0 Å². The quantitative estimate of drug-likeness (QED) is 0.287. The van der Waals surface area contributed by atoms with Crippen LogP contribution in [-0.4, -0.2) is 58.8 Å². The summed E-state index contributed by atoms with van der Waals surface area (Å²) in [4.78, 5) is 39.4. The molecule has 6 N–H and O–H groups in total. The number of carbonyl (C=O) groups excluding carboxylic acids is 2. The molecule has 2 fully saturated rings. The first-order chi connectivity index (χ1) is 14.4. The molecule has 2 amide bonds. The summed E-state index contributed by atoms with van der Waals surface area (Å²) in [6.45, 7) is 0.542. The lowest BCUT2D eigenvalue weighted by atomic mass is 9.96. The standard InChI is InChI=1S/C20H29N5O4S/c21-18(22)15-8-12(11-30-15)9-24-19(28)14-6-3-7-25(14)20(29)17(23-10-16(26)27)13-4-1-2-5-13/h8,11,13-14,17,23H,1-7,9-10H2,(H3,21,22)(H,24,28)(H,26,27). The molecule has 3 rings (SSSR count). The maximum absolute atomic E-state index is 13.3. The highest BCUT2D eigenvalue weighted by Gasteiger charge is 2.40. The molecule has 0 radical (unpaired) electrons. The van der Waals surface area contributed by atoms with Crippen molar-refractivity contribution in [2.45, 2.75) is 57.2 Å². The van der Waals surface area contributed by atoms with E-state index in [9.17, 15) is 14.4 Å². The highest BCUT2D eigenvalue weighted by molar-refractivity contribution is 7.12. The van der Waals surface area contributed by atoms with Gasteiger partial charge < -0.3 is 21.1 Å². The first-order valence-electron chi connectivity index (χ1n) is 10.3. The van der Waals surface area contributed by atoms with Crippen molar-refractivity contribution in [3.63, 3.8) is 0 Å². The molecule has 1 aliphatic heterocycles. The average molecular weight is 436 g/mol. The Bertz CT molecular complexity index is 805. The molecule has 2 aliphatic rings. The number of amidine groups is 1. The third-order valence-corrected chi connectivity index (χ3v) is 6.85. The predicted molar refractivity (Wildman–Crippen MR) is 113 cm³/mol. The maximum atomic E-state index is 13.3. The third kappa shape index (κ3) is 5.37. The Morgan fingerprint density at radius 3 is 2.63 bits per heavy atom. The van der Waals surface area contributed by atoms with Crippen molar-refractivity contribution in [3.8, 4) is 0 Å². The smallest absolute Gasteiger partial charge is 0.317 e. The molecule has 2 atom stereocenters. The lowest BCUT2D eigenvalue weighted by Gasteiger charge is -2.31. The summed E-state index contributed by atoms with van der Waals surface area (Å²) < 4.78 is 0. The van der Waals surface area contributed by atoms with Crippen molar-refractivity contribution in [1.82, 2.24) is 15.5 Å². The molecule has 0 bridgehead atoms. The second-order valence-corrected chi connectivity index (χ2v) is 8.85. The van der Waals surface area contributed by atoms with Gasteiger partial charge in [-0.2, -0.15) is 0 Å². The molecule has 1 saturated carbocycles. The number of hydrogen-bond acceptors (Lipinski definition) is 6. The summed E-state index contributed by atoms with van der Waals surface area (Å²) in [5, 5.41) is 24.1. The molecular formula is C20H29N5O4S. The second-order valence-electron chi connectivity index (χ2n) is 7.94. The molecule has 164 valence electrons. The zero-order valence-corrected chi connectivity index (χ0v) is 17.7. The number of nitrogens with one attached hydrogen (secondary N) is 3. The fraction of sp³-hybridized carbons (Fsp3) is 0.600. The lowest BCUT2D eigenvalue weighted by molar-refractivity contribution is -0.142. The number of carboxylic acid groups (broad SMARTS) is 1. The number of carboxylic acids is 1. The van der Waals surface area contributed by atoms with Crippen molar-refractivity contribution in [2.75, 3.05) is 13.1 Å². The van der Waals surface area contributed by atoms with E-state index in [4.69, 9.17) is 16.2 Å². The van der Waals surface area contributed by atoms with E-state index in [0.29, 0.717) is 24.4 Å². The van der Waals surface area contributed by atoms with Gasteiger partial charge in [0, 0.05) is 13.1 Å². The van der Waals surface area contributed by atoms with Crippen molar-refractivity contribution >= 4 is 35.0 Å². The first-order valence-corrected chi connectivity index (χ1v) is 11.2. The minimum absolute atomic E-state index is 0.00282. The Morgan fingerprint density at radius 2 is 2.00 bits per heavy atom. The molecule has 1 saturated heterocycles. The number of nitrogens with zero attached hydrogens (tertiary/aromatic N) is 1. The number of amides is 2. The van der Waals surface area contributed by atoms with Gasteiger partial charge in [0.25, 0.3) is 0 Å². The van der Waals surface area contributed by atoms with Crippen molar-refractivity contribution < 1.29 is 19.5 Å². The molecule has 1 aromatic heterocycles. The fourth-order valence-corrected chi connectivity index (χ4v) is 5.12. The van der Waals surface area contributed by atoms with Gasteiger partial charge in [0.2, 0.25) is 11.8 Å². The summed E-state index contributed by atoms with van der Waals surface area (Å²) in [6, 6.07) is 0.669. The minimum Gasteiger partial charge on any atom is -0.480 e. The normalized spacial score (nSPS) is 20.3. The highest BCUT2D eigenvalue weighted by Crippen LogP contribution is 2.30. The van der Waals surface area contributed by atoms with Gasteiger partial charge in [-0.15, -0.1) is 11.3 Å². The monoisotopic (exact) mass is 435 g/mol. The number of nitrogens with two attached hydrogens (primary N) is 1. The van der Waals surface area contributed by atoms with Crippen LogP contribution in [0.2, 0.25) is 0 Å². The van der Waals surface area contributed by atoms with Crippen molar-refractivity contribution in [3.05, 3.63) is 21.9 Å². The molecule has 0 aromatic carbocycles. The van der Waals surface area contributed by atoms with Crippen LogP contribution in [0.3, 0.4) is 0 Å². The number of nitrogen functional groups attached to an aromatic ring is 1. The molecule has 0 spiro atoms. The zero-order chi connectivity index (χ0) is 21.7. The van der Waals surface area contributed by atoms with Crippen LogP contribution in [0.15, 0.2) is 11.4 Å². The SMILES string of the molecule is N=C(N)c1cc(CNC(=O)C2CCCN2C(=O)C(NCC(=O)O)C2CCCC2)cs1. The highest BCUT2D eigenvalue weighted by atomic mass is 32.1. The van der Waals surface area contributed by atoms with E-state index < -0.39 is 18.1 Å². The molecule has 1 aromatic rings. The van der Waals surface area contributed by atoms with Gasteiger partial charge in [-0.25, -0.2) is 0 Å². The molecular weight excluding hydrogens is 406 g/mol. The summed E-state index contributed by atoms with van der Waals surface area (Å²) >= 11 is 1.35. The molecule has 10 heteroatoms. The minimum atomic E-state index is -0.998. The number of aliphatic carboxylic acids is 1. The molecule has 2 heterocycles. The number of thiophene rings is 1. The average Bonchev–Trinajstić information content (AvgIpc) is 3.47. The summed E-state index contributed by atoms with van der Waals surface area (Å²) in [5.74, 6) is -1.27. The Morgan fingerprint density at radius 1 is 1.27 bits per heavy atom. The van der Waals surface area contributed by atoms with E-state index in [0.717, 1.165) is 37.7 Å². The lowest BCUT2D eigenvalue weighted by Crippen LogP contribution is -2.55. The van der Waals surface area contributed by atoms with Crippen LogP contribution in [0.5, 0.6) is 0 Å². The number of carbonyl (C=O) groups is 3. The molecule has 30 heavy (non-hydrogen) atoms. The van der Waals surface area contributed by atoms with Gasteiger partial charge in [-0.1, -0.05) is 12.8 Å². The zero-order valence-electron chi connectivity index (χ0n) is 16.9. The molecule has 1 aliphatic carbocycles. The van der Waals surface area contributed by atoms with Crippen molar-refractivity contribution in [2.24, 2.45) is 11.7 Å². The van der Waals surface area contributed by atoms with Gasteiger partial charge in [0.05, 0.1) is 17.5 Å². The summed E-state index contributed by atoms with van der Waals surface area (Å²) in [5.41, 5.74) is 6.34. The van der Waals surface area contributed by atoms with Crippen LogP contribution in [-0.2, 0) is 20.9 Å². The van der Waals surface area contributed by atoms with Gasteiger partial charge in [-0.05, 0) is 48.6 Å². The van der Waals surface area contributed by atoms with E-state index >= 15 is 0 Å². The maximum Gasteiger partial charge on any atom is 0.317 e. The predicted octanol–water partition coefficient (Wildman–Crippen LogP) is 0.872. The Balaban J connectivity index is 1.62. The number of likely N-dealkylation sites (tertiary alicyclic amines) is 1. The third-order valence-electron chi connectivity index (χ3n) is 5.83. The Labute approximate surface area is 179 Å². The van der Waals surface area contributed by atoms with Crippen LogP contribution in [0, 0.1) is 11.3 Å². The van der Waals surface area contributed by atoms with E-state index in [2.05, 4.69) is 10.6 Å². The summed E-state index contributed by atoms with van der Waals surface area (Å²) in [7, 11) is 0. The number of rotatable bonds is 9. The molecule has 9 nitrogen and oxygen atoms in total. The molecule has 2 unspecified atom stereocenters. The van der Waals surface area contributed by atoms with Gasteiger partial charge in [-0.3, -0.25) is 25.1 Å². The van der Waals surface area contributed by atoms with E-state index in [1.54, 1.807) is 11.0 Å². The topological polar surface area (TPSA) is 149 Å². The number of hydrogen-bond donors (Lipinski definition) is 5. The van der Waals surface area contributed by atoms with Crippen LogP contribution in [0.1, 0.15) is 49.0 Å². The van der Waals surface area contributed by atoms with Crippen LogP contribution < -0.4 is 16.4 Å². The Kier molecular flexibility index (Phi) is 7.43. The second kappa shape index (κ2) is 10.0. The van der Waals surface area contributed by atoms with Crippen LogP contribution in [0.4, 0.5) is 0 Å². The Hall–Kier alpha value is -2.46.